The Labute approximate surface area is 321 Å². The molecule has 0 bridgehead atoms. The van der Waals surface area contributed by atoms with E-state index in [1.54, 1.807) is 17.9 Å². The van der Waals surface area contributed by atoms with Crippen molar-refractivity contribution in [3.8, 4) is 0 Å². The third-order valence-electron chi connectivity index (χ3n) is 13.1. The zero-order valence-corrected chi connectivity index (χ0v) is 33.0. The fraction of sp³-hybridized carbons (Fsp3) is 0.738. The van der Waals surface area contributed by atoms with Crippen molar-refractivity contribution in [2.24, 2.45) is 40.0 Å². The molecule has 0 aromatic heterocycles. The first-order valence-electron chi connectivity index (χ1n) is 20.8. The predicted octanol–water partition coefficient (Wildman–Crippen LogP) is 4.53. The monoisotopic (exact) mass is 748 g/mol. The number of aliphatic imine (C=N–C) groups is 1. The average molecular weight is 749 g/mol. The van der Waals surface area contributed by atoms with Gasteiger partial charge in [-0.15, -0.1) is 0 Å². The minimum atomic E-state index is -0.969. The lowest BCUT2D eigenvalue weighted by Gasteiger charge is -2.38. The van der Waals surface area contributed by atoms with Crippen LogP contribution in [0.2, 0.25) is 0 Å². The van der Waals surface area contributed by atoms with Crippen LogP contribution in [0.3, 0.4) is 0 Å². The molecule has 5 amide bonds. The Hall–Kier alpha value is -3.83. The number of nitrogens with zero attached hydrogens (tertiary/aromatic N) is 2. The van der Waals surface area contributed by atoms with Crippen molar-refractivity contribution in [3.63, 3.8) is 0 Å². The molecule has 12 heteroatoms. The quantitative estimate of drug-likeness (QED) is 0.126. The Morgan fingerprint density at radius 1 is 0.833 bits per heavy atom. The molecule has 0 radical (unpaired) electrons. The van der Waals surface area contributed by atoms with Gasteiger partial charge in [-0.3, -0.25) is 33.8 Å². The minimum absolute atomic E-state index is 0.0941. The Balaban J connectivity index is 1.40. The summed E-state index contributed by atoms with van der Waals surface area (Å²) in [5.74, 6) is -2.94. The predicted molar refractivity (Wildman–Crippen MR) is 208 cm³/mol. The summed E-state index contributed by atoms with van der Waals surface area (Å²) >= 11 is 0. The minimum Gasteiger partial charge on any atom is -0.349 e. The van der Waals surface area contributed by atoms with Gasteiger partial charge in [0.2, 0.25) is 23.5 Å². The van der Waals surface area contributed by atoms with Crippen molar-refractivity contribution in [3.05, 3.63) is 24.9 Å². The summed E-state index contributed by atoms with van der Waals surface area (Å²) < 4.78 is 0. The van der Waals surface area contributed by atoms with Gasteiger partial charge in [0, 0.05) is 19.3 Å². The number of Topliss-reactive ketones (excluding diaryl/α,β-unsaturated/α-hetero) is 1. The normalized spacial score (nSPS) is 26.1. The van der Waals surface area contributed by atoms with Gasteiger partial charge >= 0.3 is 0 Å². The summed E-state index contributed by atoms with van der Waals surface area (Å²) in [5, 5.41) is 11.7. The number of rotatable bonds is 17. The Morgan fingerprint density at radius 2 is 1.46 bits per heavy atom. The molecule has 0 spiro atoms. The van der Waals surface area contributed by atoms with Gasteiger partial charge in [-0.1, -0.05) is 91.2 Å². The summed E-state index contributed by atoms with van der Waals surface area (Å²) in [6.07, 6.45) is 17.6. The van der Waals surface area contributed by atoms with Crippen molar-refractivity contribution >= 4 is 41.0 Å². The molecular formula is C42H64N6O6. The molecule has 298 valence electrons. The Morgan fingerprint density at radius 3 is 2.02 bits per heavy atom. The summed E-state index contributed by atoms with van der Waals surface area (Å²) in [7, 11) is 0. The molecule has 4 N–H and O–H groups in total. The smallest absolute Gasteiger partial charge is 0.289 e. The van der Waals surface area contributed by atoms with Crippen LogP contribution in [-0.2, 0) is 28.8 Å². The maximum absolute atomic E-state index is 14.9. The summed E-state index contributed by atoms with van der Waals surface area (Å²) in [4.78, 5) is 89.3. The standard InChI is InChI=1S/C42H64N6O6/c1-6-22-43-30(8-3)37(50)46-33(27-18-11-9-12-19-27)38(51)47-34(28-20-13-10-14-21-28)41(54)48-25-29-32(42(29,4)5)35(48)39(52)45-31(24-26-16-15-17-26)36(49)40(53)44-23-7-2/h6,8,22,26-29,31-35H,3,7,9-21,23-25H2,1-2,4-5H3,(H,44,53)(H,45,52)(H,46,50)(H,47,51)/b22-6-,43-30?/t29-,31?,32-,33-,34-,35-/m0/s1. The number of allylic oxidation sites excluding steroid dienone is 1. The van der Waals surface area contributed by atoms with Crippen LogP contribution in [-0.4, -0.2) is 83.2 Å². The van der Waals surface area contributed by atoms with Crippen LogP contribution in [0, 0.1) is 35.0 Å². The SMILES string of the molecule is C=CC(=N/C=C\C)C(=O)N[C@H](C(=O)N[C@H](C(=O)N1C[C@H]2[C@@H]([C@H]1C(=O)NC(CC1CCC1)C(=O)C(=O)NCCC)C2(C)C)C1CCCCC1)C1CCCCC1. The third-order valence-corrected chi connectivity index (χ3v) is 13.1. The first-order chi connectivity index (χ1) is 25.9. The molecule has 5 rings (SSSR count). The van der Waals surface area contributed by atoms with Gasteiger partial charge in [0.05, 0.1) is 6.04 Å². The van der Waals surface area contributed by atoms with Crippen LogP contribution >= 0.6 is 0 Å². The lowest BCUT2D eigenvalue weighted by molar-refractivity contribution is -0.146. The number of carbonyl (C=O) groups is 6. The number of hydrogen-bond donors (Lipinski definition) is 4. The molecule has 1 heterocycles. The zero-order chi connectivity index (χ0) is 39.0. The van der Waals surface area contributed by atoms with E-state index < -0.39 is 53.6 Å². The van der Waals surface area contributed by atoms with Crippen molar-refractivity contribution in [2.75, 3.05) is 13.1 Å². The van der Waals surface area contributed by atoms with Crippen LogP contribution < -0.4 is 21.3 Å². The van der Waals surface area contributed by atoms with Crippen LogP contribution in [0.25, 0.3) is 0 Å². The molecule has 6 atom stereocenters. The van der Waals surface area contributed by atoms with E-state index in [-0.39, 0.29) is 46.6 Å². The second-order valence-corrected chi connectivity index (χ2v) is 17.0. The summed E-state index contributed by atoms with van der Waals surface area (Å²) in [6, 6.07) is -3.54. The largest absolute Gasteiger partial charge is 0.349 e. The molecule has 4 saturated carbocycles. The summed E-state index contributed by atoms with van der Waals surface area (Å²) in [5.41, 5.74) is -0.0754. The molecule has 0 aromatic carbocycles. The highest BCUT2D eigenvalue weighted by atomic mass is 16.2. The number of likely N-dealkylation sites (tertiary alicyclic amines) is 1. The van der Waals surface area contributed by atoms with Crippen molar-refractivity contribution in [1.82, 2.24) is 26.2 Å². The molecule has 5 fully saturated rings. The van der Waals surface area contributed by atoms with E-state index in [1.165, 1.54) is 12.3 Å². The second kappa shape index (κ2) is 18.7. The number of ketones is 1. The van der Waals surface area contributed by atoms with Crippen molar-refractivity contribution in [1.29, 1.82) is 0 Å². The topological polar surface area (TPSA) is 166 Å². The van der Waals surface area contributed by atoms with Gasteiger partial charge in [-0.05, 0) is 86.5 Å². The average Bonchev–Trinajstić information content (AvgIpc) is 3.45. The van der Waals surface area contributed by atoms with Crippen LogP contribution in [0.15, 0.2) is 29.9 Å². The van der Waals surface area contributed by atoms with Crippen molar-refractivity contribution < 1.29 is 28.8 Å². The second-order valence-electron chi connectivity index (χ2n) is 17.0. The van der Waals surface area contributed by atoms with E-state index in [2.05, 4.69) is 46.7 Å². The van der Waals surface area contributed by atoms with Crippen LogP contribution in [0.4, 0.5) is 0 Å². The van der Waals surface area contributed by atoms with E-state index in [4.69, 9.17) is 0 Å². The lowest BCUT2D eigenvalue weighted by atomic mass is 9.80. The molecule has 0 aromatic rings. The number of piperidine rings is 1. The molecule has 12 nitrogen and oxygen atoms in total. The molecular weight excluding hydrogens is 684 g/mol. The van der Waals surface area contributed by atoms with Gasteiger partial charge in [0.25, 0.3) is 11.8 Å². The van der Waals surface area contributed by atoms with Gasteiger partial charge in [0.1, 0.15) is 23.8 Å². The maximum Gasteiger partial charge on any atom is 0.289 e. The maximum atomic E-state index is 14.9. The first-order valence-corrected chi connectivity index (χ1v) is 20.8. The highest BCUT2D eigenvalue weighted by Crippen LogP contribution is 2.65. The third kappa shape index (κ3) is 9.51. The number of fused-ring (bicyclic) bond motifs is 1. The zero-order valence-electron chi connectivity index (χ0n) is 33.0. The van der Waals surface area contributed by atoms with Gasteiger partial charge in [-0.2, -0.15) is 0 Å². The van der Waals surface area contributed by atoms with Gasteiger partial charge in [-0.25, -0.2) is 0 Å². The number of amides is 5. The highest BCUT2D eigenvalue weighted by Gasteiger charge is 2.70. The van der Waals surface area contributed by atoms with E-state index in [9.17, 15) is 28.8 Å². The molecule has 5 aliphatic rings. The molecule has 54 heavy (non-hydrogen) atoms. The molecule has 4 aliphatic carbocycles. The number of hydrogen-bond acceptors (Lipinski definition) is 7. The molecule has 1 unspecified atom stereocenters. The van der Waals surface area contributed by atoms with Gasteiger partial charge < -0.3 is 26.2 Å². The number of nitrogens with one attached hydrogen (secondary N) is 4. The molecule has 1 aliphatic heterocycles. The number of carbonyl (C=O) groups excluding carboxylic acids is 6. The fourth-order valence-electron chi connectivity index (χ4n) is 9.56. The fourth-order valence-corrected chi connectivity index (χ4v) is 9.56. The van der Waals surface area contributed by atoms with E-state index >= 15 is 0 Å². The summed E-state index contributed by atoms with van der Waals surface area (Å²) in [6.45, 7) is 12.4. The van der Waals surface area contributed by atoms with Gasteiger partial charge in [0.15, 0.2) is 0 Å². The highest BCUT2D eigenvalue weighted by molar-refractivity contribution is 6.43. The Kier molecular flexibility index (Phi) is 14.3. The first kappa shape index (κ1) is 41.3. The van der Waals surface area contributed by atoms with E-state index in [1.807, 2.05) is 6.92 Å². The lowest BCUT2D eigenvalue weighted by Crippen LogP contribution is -2.62. The van der Waals surface area contributed by atoms with Crippen molar-refractivity contribution in [2.45, 2.75) is 148 Å². The van der Waals surface area contributed by atoms with Crippen LogP contribution in [0.1, 0.15) is 124 Å². The van der Waals surface area contributed by atoms with E-state index in [0.717, 1.165) is 83.5 Å². The van der Waals surface area contributed by atoms with E-state index in [0.29, 0.717) is 25.9 Å². The Bertz CT molecular complexity index is 1470. The molecule has 1 saturated heterocycles. The van der Waals surface area contributed by atoms with Crippen LogP contribution in [0.5, 0.6) is 0 Å².